The highest BCUT2D eigenvalue weighted by atomic mass is 35.5. The summed E-state index contributed by atoms with van der Waals surface area (Å²) in [6, 6.07) is 6.98. The second-order valence-corrected chi connectivity index (χ2v) is 11.4. The number of carbonyl (C=O) groups is 1. The van der Waals surface area contributed by atoms with Crippen LogP contribution in [-0.2, 0) is 19.4 Å². The summed E-state index contributed by atoms with van der Waals surface area (Å²) in [6.45, 7) is 0.712. The molecule has 4 nitrogen and oxygen atoms in total. The van der Waals surface area contributed by atoms with Gasteiger partial charge in [0.05, 0.1) is 11.1 Å². The van der Waals surface area contributed by atoms with Crippen LogP contribution in [0, 0.1) is 5.92 Å². The van der Waals surface area contributed by atoms with Crippen molar-refractivity contribution in [1.29, 1.82) is 0 Å². The summed E-state index contributed by atoms with van der Waals surface area (Å²) in [5.74, 6) is 0.798. The number of thiophene rings is 1. The maximum absolute atomic E-state index is 13.7. The number of hydrogen-bond donors (Lipinski definition) is 0. The SMILES string of the molecule is O=C(CSc1nc2sc3c(c2c(=O)n1CC1CCCCC1)CCCC3)c1ccc(Cl)cc1. The Bertz CT molecular complexity index is 1190. The molecular weight excluding hydrogens is 460 g/mol. The first-order chi connectivity index (χ1) is 15.6. The van der Waals surface area contributed by atoms with Gasteiger partial charge in [-0.15, -0.1) is 11.3 Å². The van der Waals surface area contributed by atoms with Crippen molar-refractivity contribution in [2.75, 3.05) is 5.75 Å². The first-order valence-electron chi connectivity index (χ1n) is 11.6. The van der Waals surface area contributed by atoms with E-state index in [-0.39, 0.29) is 17.1 Å². The van der Waals surface area contributed by atoms with Gasteiger partial charge in [-0.2, -0.15) is 0 Å². The summed E-state index contributed by atoms with van der Waals surface area (Å²) < 4.78 is 1.89. The van der Waals surface area contributed by atoms with Gasteiger partial charge in [0.15, 0.2) is 10.9 Å². The van der Waals surface area contributed by atoms with Crippen LogP contribution in [0.2, 0.25) is 5.02 Å². The van der Waals surface area contributed by atoms with Crippen molar-refractivity contribution < 1.29 is 4.79 Å². The second-order valence-electron chi connectivity index (χ2n) is 8.92. The van der Waals surface area contributed by atoms with Gasteiger partial charge in [0, 0.05) is 22.0 Å². The average Bonchev–Trinajstić information content (AvgIpc) is 3.19. The van der Waals surface area contributed by atoms with E-state index in [1.54, 1.807) is 35.6 Å². The monoisotopic (exact) mass is 486 g/mol. The Morgan fingerprint density at radius 3 is 2.62 bits per heavy atom. The number of rotatable bonds is 6. The predicted octanol–water partition coefficient (Wildman–Crippen LogP) is 6.55. The third kappa shape index (κ3) is 4.55. The summed E-state index contributed by atoms with van der Waals surface area (Å²) in [5, 5.41) is 2.15. The van der Waals surface area contributed by atoms with Crippen LogP contribution in [0.1, 0.15) is 65.7 Å². The highest BCUT2D eigenvalue weighted by molar-refractivity contribution is 7.99. The number of hydrogen-bond acceptors (Lipinski definition) is 5. The van der Waals surface area contributed by atoms with Gasteiger partial charge in [-0.05, 0) is 74.3 Å². The van der Waals surface area contributed by atoms with Crippen molar-refractivity contribution in [2.45, 2.75) is 69.5 Å². The van der Waals surface area contributed by atoms with Crippen LogP contribution >= 0.6 is 34.7 Å². The molecule has 32 heavy (non-hydrogen) atoms. The number of halogens is 1. The number of ketones is 1. The Morgan fingerprint density at radius 2 is 1.84 bits per heavy atom. The molecule has 0 N–H and O–H groups in total. The van der Waals surface area contributed by atoms with Gasteiger partial charge in [0.1, 0.15) is 4.83 Å². The molecule has 2 aromatic heterocycles. The van der Waals surface area contributed by atoms with Crippen LogP contribution in [-0.4, -0.2) is 21.1 Å². The van der Waals surface area contributed by atoms with Crippen molar-refractivity contribution in [2.24, 2.45) is 5.92 Å². The molecule has 0 amide bonds. The third-order valence-electron chi connectivity index (χ3n) is 6.70. The van der Waals surface area contributed by atoms with Gasteiger partial charge < -0.3 is 0 Å². The molecule has 1 aromatic carbocycles. The lowest BCUT2D eigenvalue weighted by molar-refractivity contribution is 0.102. The number of fused-ring (bicyclic) bond motifs is 3. The molecular formula is C25H27ClN2O2S2. The van der Waals surface area contributed by atoms with E-state index in [9.17, 15) is 9.59 Å². The van der Waals surface area contributed by atoms with E-state index in [0.29, 0.717) is 28.2 Å². The number of thioether (sulfide) groups is 1. The summed E-state index contributed by atoms with van der Waals surface area (Å²) >= 11 is 9.03. The lowest BCUT2D eigenvalue weighted by Gasteiger charge is -2.23. The number of aryl methyl sites for hydroxylation is 2. The lowest BCUT2D eigenvalue weighted by Crippen LogP contribution is -2.28. The third-order valence-corrected chi connectivity index (χ3v) is 9.12. The minimum Gasteiger partial charge on any atom is -0.293 e. The molecule has 168 valence electrons. The fourth-order valence-corrected chi connectivity index (χ4v) is 7.30. The zero-order chi connectivity index (χ0) is 22.1. The minimum atomic E-state index is 0.0238. The molecule has 0 radical (unpaired) electrons. The number of Topliss-reactive ketones (excluding diaryl/α,β-unsaturated/α-hetero) is 1. The number of carbonyl (C=O) groups excluding carboxylic acids is 1. The molecule has 2 aliphatic rings. The molecule has 0 unspecified atom stereocenters. The molecule has 0 spiro atoms. The zero-order valence-electron chi connectivity index (χ0n) is 18.1. The Balaban J connectivity index is 1.49. The highest BCUT2D eigenvalue weighted by Crippen LogP contribution is 2.35. The van der Waals surface area contributed by atoms with Crippen molar-refractivity contribution in [1.82, 2.24) is 9.55 Å². The van der Waals surface area contributed by atoms with Crippen LogP contribution in [0.5, 0.6) is 0 Å². The second kappa shape index (κ2) is 9.70. The van der Waals surface area contributed by atoms with Crippen LogP contribution in [0.15, 0.2) is 34.2 Å². The number of aromatic nitrogens is 2. The normalized spacial score (nSPS) is 16.9. The van der Waals surface area contributed by atoms with E-state index < -0.39 is 0 Å². The van der Waals surface area contributed by atoms with Crippen molar-refractivity contribution in [3.05, 3.63) is 55.6 Å². The fourth-order valence-electron chi connectivity index (χ4n) is 4.97. The van der Waals surface area contributed by atoms with Gasteiger partial charge in [-0.25, -0.2) is 4.98 Å². The topological polar surface area (TPSA) is 52.0 Å². The van der Waals surface area contributed by atoms with E-state index in [0.717, 1.165) is 29.5 Å². The summed E-state index contributed by atoms with van der Waals surface area (Å²) in [5.41, 5.74) is 1.97. The van der Waals surface area contributed by atoms with Gasteiger partial charge in [-0.1, -0.05) is 42.6 Å². The van der Waals surface area contributed by atoms with Gasteiger partial charge in [0.2, 0.25) is 0 Å². The number of benzene rings is 1. The quantitative estimate of drug-likeness (QED) is 0.225. The fraction of sp³-hybridized carbons (Fsp3) is 0.480. The first kappa shape index (κ1) is 22.2. The molecule has 0 aliphatic heterocycles. The Morgan fingerprint density at radius 1 is 1.09 bits per heavy atom. The summed E-state index contributed by atoms with van der Waals surface area (Å²) in [4.78, 5) is 33.6. The van der Waals surface area contributed by atoms with Crippen molar-refractivity contribution >= 4 is 50.7 Å². The van der Waals surface area contributed by atoms with Crippen molar-refractivity contribution in [3.8, 4) is 0 Å². The van der Waals surface area contributed by atoms with E-state index in [1.807, 2.05) is 4.57 Å². The Hall–Kier alpha value is -1.63. The lowest BCUT2D eigenvalue weighted by atomic mass is 9.89. The van der Waals surface area contributed by atoms with Crippen LogP contribution in [0.3, 0.4) is 0 Å². The molecule has 2 heterocycles. The highest BCUT2D eigenvalue weighted by Gasteiger charge is 2.24. The maximum Gasteiger partial charge on any atom is 0.263 e. The van der Waals surface area contributed by atoms with Crippen LogP contribution in [0.4, 0.5) is 0 Å². The molecule has 1 fully saturated rings. The molecule has 0 bridgehead atoms. The van der Waals surface area contributed by atoms with Crippen LogP contribution < -0.4 is 5.56 Å². The number of nitrogens with zero attached hydrogens (tertiary/aromatic N) is 2. The van der Waals surface area contributed by atoms with Crippen molar-refractivity contribution in [3.63, 3.8) is 0 Å². The van der Waals surface area contributed by atoms with Gasteiger partial charge in [-0.3, -0.25) is 14.2 Å². The molecule has 5 rings (SSSR count). The summed E-state index contributed by atoms with van der Waals surface area (Å²) in [6.07, 6.45) is 10.5. The smallest absolute Gasteiger partial charge is 0.263 e. The van der Waals surface area contributed by atoms with E-state index >= 15 is 0 Å². The van der Waals surface area contributed by atoms with Crippen LogP contribution in [0.25, 0.3) is 10.2 Å². The molecule has 0 atom stereocenters. The first-order valence-corrected chi connectivity index (χ1v) is 13.7. The van der Waals surface area contributed by atoms with E-state index in [4.69, 9.17) is 16.6 Å². The standard InChI is InChI=1S/C25H27ClN2O2S2/c26-18-12-10-17(11-13-18)20(29)15-31-25-27-23-22(19-8-4-5-9-21(19)32-23)24(30)28(25)14-16-6-2-1-3-7-16/h10-13,16H,1-9,14-15H2. The molecule has 0 saturated heterocycles. The Labute approximate surface area is 201 Å². The minimum absolute atomic E-state index is 0.0238. The summed E-state index contributed by atoms with van der Waals surface area (Å²) in [7, 11) is 0. The predicted molar refractivity (Wildman–Crippen MR) is 134 cm³/mol. The van der Waals surface area contributed by atoms with Gasteiger partial charge in [0.25, 0.3) is 5.56 Å². The zero-order valence-corrected chi connectivity index (χ0v) is 20.5. The Kier molecular flexibility index (Phi) is 6.72. The van der Waals surface area contributed by atoms with E-state index in [2.05, 4.69) is 0 Å². The average molecular weight is 487 g/mol. The largest absolute Gasteiger partial charge is 0.293 e. The van der Waals surface area contributed by atoms with Gasteiger partial charge >= 0.3 is 0 Å². The molecule has 3 aromatic rings. The molecule has 1 saturated carbocycles. The molecule has 7 heteroatoms. The maximum atomic E-state index is 13.7. The van der Waals surface area contributed by atoms with E-state index in [1.165, 1.54) is 60.7 Å². The molecule has 2 aliphatic carbocycles.